The van der Waals surface area contributed by atoms with Crippen LogP contribution in [0.25, 0.3) is 0 Å². The quantitative estimate of drug-likeness (QED) is 0.794. The number of carbonyl (C=O) groups is 2. The van der Waals surface area contributed by atoms with E-state index in [1.165, 1.54) is 0 Å². The number of carboxylic acids is 1. The predicted molar refractivity (Wildman–Crippen MR) is 66.4 cm³/mol. The minimum Gasteiger partial charge on any atom is -0.480 e. The van der Waals surface area contributed by atoms with E-state index in [1.807, 2.05) is 0 Å². The number of pyridine rings is 1. The molecule has 2 atom stereocenters. The summed E-state index contributed by atoms with van der Waals surface area (Å²) in [5.74, 6) is -1.53. The molecule has 1 aromatic heterocycles. The molecule has 102 valence electrons. The van der Waals surface area contributed by atoms with Crippen LogP contribution in [0.5, 0.6) is 0 Å². The Labute approximate surface area is 110 Å². The summed E-state index contributed by atoms with van der Waals surface area (Å²) in [5, 5.41) is 11.7. The van der Waals surface area contributed by atoms with Gasteiger partial charge < -0.3 is 15.2 Å². The number of hydrogen-bond donors (Lipinski definition) is 2. The van der Waals surface area contributed by atoms with Gasteiger partial charge in [-0.2, -0.15) is 0 Å². The van der Waals surface area contributed by atoms with Crippen LogP contribution in [0.15, 0.2) is 24.5 Å². The Morgan fingerprint density at radius 1 is 1.47 bits per heavy atom. The summed E-state index contributed by atoms with van der Waals surface area (Å²) in [6.07, 6.45) is 4.09. The summed E-state index contributed by atoms with van der Waals surface area (Å²) < 4.78 is 5.12. The van der Waals surface area contributed by atoms with Crippen LogP contribution >= 0.6 is 0 Å². The third-order valence-corrected chi connectivity index (χ3v) is 3.10. The molecule has 1 aliphatic heterocycles. The van der Waals surface area contributed by atoms with Crippen LogP contribution in [0.4, 0.5) is 0 Å². The van der Waals surface area contributed by atoms with E-state index < -0.39 is 12.0 Å². The molecule has 2 N–H and O–H groups in total. The molecule has 1 aliphatic rings. The molecule has 1 saturated heterocycles. The van der Waals surface area contributed by atoms with E-state index in [2.05, 4.69) is 10.3 Å². The number of ether oxygens (including phenoxy) is 1. The van der Waals surface area contributed by atoms with Gasteiger partial charge in [0, 0.05) is 25.4 Å². The molecule has 1 fully saturated rings. The van der Waals surface area contributed by atoms with Gasteiger partial charge >= 0.3 is 5.97 Å². The summed E-state index contributed by atoms with van der Waals surface area (Å²) in [4.78, 5) is 26.9. The third kappa shape index (κ3) is 3.75. The first-order chi connectivity index (χ1) is 9.16. The number of nitrogens with zero attached hydrogens (tertiary/aromatic N) is 1. The molecule has 0 radical (unpaired) electrons. The van der Waals surface area contributed by atoms with Crippen molar-refractivity contribution in [2.75, 3.05) is 13.2 Å². The molecule has 6 nitrogen and oxygen atoms in total. The van der Waals surface area contributed by atoms with Crippen molar-refractivity contribution in [3.63, 3.8) is 0 Å². The molecule has 19 heavy (non-hydrogen) atoms. The number of rotatable bonds is 5. The zero-order chi connectivity index (χ0) is 13.7. The second-order valence-corrected chi connectivity index (χ2v) is 4.52. The number of aliphatic carboxylic acids is 1. The van der Waals surface area contributed by atoms with Crippen molar-refractivity contribution >= 4 is 11.9 Å². The van der Waals surface area contributed by atoms with Crippen LogP contribution in [0.1, 0.15) is 12.0 Å². The van der Waals surface area contributed by atoms with Crippen molar-refractivity contribution in [1.29, 1.82) is 0 Å². The van der Waals surface area contributed by atoms with Crippen molar-refractivity contribution in [1.82, 2.24) is 10.3 Å². The lowest BCUT2D eigenvalue weighted by Crippen LogP contribution is -2.45. The van der Waals surface area contributed by atoms with Crippen LogP contribution in [0.2, 0.25) is 0 Å². The fourth-order valence-electron chi connectivity index (χ4n) is 1.99. The molecule has 1 aromatic rings. The Morgan fingerprint density at radius 3 is 2.79 bits per heavy atom. The van der Waals surface area contributed by atoms with Gasteiger partial charge in [-0.3, -0.25) is 9.78 Å². The van der Waals surface area contributed by atoms with Gasteiger partial charge in [-0.1, -0.05) is 0 Å². The number of carbonyl (C=O) groups excluding carboxylic acids is 1. The Hall–Kier alpha value is -1.95. The van der Waals surface area contributed by atoms with Crippen molar-refractivity contribution in [3.05, 3.63) is 30.1 Å². The lowest BCUT2D eigenvalue weighted by molar-refractivity contribution is -0.142. The van der Waals surface area contributed by atoms with E-state index in [4.69, 9.17) is 9.84 Å². The van der Waals surface area contributed by atoms with E-state index in [1.54, 1.807) is 24.5 Å². The van der Waals surface area contributed by atoms with Gasteiger partial charge in [0.2, 0.25) is 5.91 Å². The van der Waals surface area contributed by atoms with Crippen molar-refractivity contribution in [3.8, 4) is 0 Å². The monoisotopic (exact) mass is 264 g/mol. The first-order valence-electron chi connectivity index (χ1n) is 6.16. The van der Waals surface area contributed by atoms with Gasteiger partial charge in [0.25, 0.3) is 0 Å². The molecule has 2 rings (SSSR count). The van der Waals surface area contributed by atoms with Crippen molar-refractivity contribution < 1.29 is 19.4 Å². The maximum absolute atomic E-state index is 11.9. The van der Waals surface area contributed by atoms with Crippen molar-refractivity contribution in [2.24, 2.45) is 5.92 Å². The first kappa shape index (κ1) is 13.5. The van der Waals surface area contributed by atoms with Crippen LogP contribution in [-0.2, 0) is 20.7 Å². The van der Waals surface area contributed by atoms with Crippen LogP contribution < -0.4 is 5.32 Å². The summed E-state index contributed by atoms with van der Waals surface area (Å²) in [5.41, 5.74) is 0.824. The molecule has 0 bridgehead atoms. The largest absolute Gasteiger partial charge is 0.480 e. The predicted octanol–water partition coefficient (Wildman–Crippen LogP) is 0.230. The normalized spacial score (nSPS) is 19.9. The zero-order valence-electron chi connectivity index (χ0n) is 10.4. The number of hydrogen-bond acceptors (Lipinski definition) is 4. The Kier molecular flexibility index (Phi) is 4.46. The molecular formula is C13H16N2O4. The summed E-state index contributed by atoms with van der Waals surface area (Å²) in [6.45, 7) is 0.924. The summed E-state index contributed by atoms with van der Waals surface area (Å²) >= 11 is 0. The molecule has 6 heteroatoms. The lowest BCUT2D eigenvalue weighted by atomic mass is 10.0. The minimum atomic E-state index is -1.04. The number of nitrogens with one attached hydrogen (secondary N) is 1. The highest BCUT2D eigenvalue weighted by Crippen LogP contribution is 2.13. The molecule has 2 unspecified atom stereocenters. The number of carboxylic acid groups (broad SMARTS) is 1. The molecule has 2 heterocycles. The number of amides is 1. The van der Waals surface area contributed by atoms with E-state index in [0.717, 1.165) is 5.56 Å². The first-order valence-corrected chi connectivity index (χ1v) is 6.16. The fraction of sp³-hybridized carbons (Fsp3) is 0.462. The minimum absolute atomic E-state index is 0.237. The summed E-state index contributed by atoms with van der Waals surface area (Å²) in [7, 11) is 0. The third-order valence-electron chi connectivity index (χ3n) is 3.10. The Bertz CT molecular complexity index is 443. The zero-order valence-corrected chi connectivity index (χ0v) is 10.4. The molecule has 1 amide bonds. The molecule has 0 aliphatic carbocycles. The van der Waals surface area contributed by atoms with Crippen LogP contribution in [-0.4, -0.2) is 41.2 Å². The second-order valence-electron chi connectivity index (χ2n) is 4.52. The van der Waals surface area contributed by atoms with E-state index >= 15 is 0 Å². The van der Waals surface area contributed by atoms with Gasteiger partial charge in [0.05, 0.1) is 12.5 Å². The summed E-state index contributed by atoms with van der Waals surface area (Å²) in [6, 6.07) is 2.55. The van der Waals surface area contributed by atoms with Crippen LogP contribution in [0.3, 0.4) is 0 Å². The fourth-order valence-corrected chi connectivity index (χ4v) is 1.99. The second kappa shape index (κ2) is 6.29. The highest BCUT2D eigenvalue weighted by Gasteiger charge is 2.28. The van der Waals surface area contributed by atoms with Gasteiger partial charge in [-0.25, -0.2) is 4.79 Å². The SMILES string of the molecule is O=C(NC(Cc1ccncc1)C(=O)O)C1CCOC1. The Balaban J connectivity index is 1.96. The maximum Gasteiger partial charge on any atom is 0.326 e. The Morgan fingerprint density at radius 2 is 2.21 bits per heavy atom. The van der Waals surface area contributed by atoms with Gasteiger partial charge in [0.1, 0.15) is 6.04 Å². The van der Waals surface area contributed by atoms with Gasteiger partial charge in [-0.05, 0) is 24.1 Å². The molecule has 0 aromatic carbocycles. The van der Waals surface area contributed by atoms with Gasteiger partial charge in [0.15, 0.2) is 0 Å². The van der Waals surface area contributed by atoms with E-state index in [9.17, 15) is 9.59 Å². The maximum atomic E-state index is 11.9. The number of aromatic nitrogens is 1. The standard InChI is InChI=1S/C13H16N2O4/c16-12(10-3-6-19-8-10)15-11(13(17)18)7-9-1-4-14-5-2-9/h1-2,4-5,10-11H,3,6-8H2,(H,15,16)(H,17,18). The van der Waals surface area contributed by atoms with E-state index in [0.29, 0.717) is 19.6 Å². The molecular weight excluding hydrogens is 248 g/mol. The average molecular weight is 264 g/mol. The topological polar surface area (TPSA) is 88.5 Å². The molecule has 0 spiro atoms. The highest BCUT2D eigenvalue weighted by atomic mass is 16.5. The van der Waals surface area contributed by atoms with Crippen LogP contribution in [0, 0.1) is 5.92 Å². The highest BCUT2D eigenvalue weighted by molar-refractivity contribution is 5.85. The lowest BCUT2D eigenvalue weighted by Gasteiger charge is -2.16. The smallest absolute Gasteiger partial charge is 0.326 e. The van der Waals surface area contributed by atoms with Crippen molar-refractivity contribution in [2.45, 2.75) is 18.9 Å². The van der Waals surface area contributed by atoms with Gasteiger partial charge in [-0.15, -0.1) is 0 Å². The molecule has 0 saturated carbocycles. The average Bonchev–Trinajstić information content (AvgIpc) is 2.93. The van der Waals surface area contributed by atoms with E-state index in [-0.39, 0.29) is 18.2 Å².